The summed E-state index contributed by atoms with van der Waals surface area (Å²) in [4.78, 5) is 28.3. The molecule has 3 aromatic carbocycles. The van der Waals surface area contributed by atoms with Gasteiger partial charge in [0.1, 0.15) is 6.04 Å². The van der Waals surface area contributed by atoms with Gasteiger partial charge in [0.2, 0.25) is 21.8 Å². The maximum absolute atomic E-state index is 13.7. The Labute approximate surface area is 251 Å². The third-order valence-electron chi connectivity index (χ3n) is 6.51. The molecule has 0 spiro atoms. The number of nitrogens with zero attached hydrogens (tertiary/aromatic N) is 2. The summed E-state index contributed by atoms with van der Waals surface area (Å²) in [6.45, 7) is 1.93. The average Bonchev–Trinajstić information content (AvgIpc) is 2.92. The van der Waals surface area contributed by atoms with Gasteiger partial charge in [-0.1, -0.05) is 77.3 Å². The fourth-order valence-corrected chi connectivity index (χ4v) is 5.91. The Hall–Kier alpha value is -2.78. The molecule has 7 nitrogen and oxygen atoms in total. The number of amides is 2. The predicted octanol–water partition coefficient (Wildman–Crippen LogP) is 5.89. The van der Waals surface area contributed by atoms with Gasteiger partial charge in [0.15, 0.2) is 0 Å². The van der Waals surface area contributed by atoms with Gasteiger partial charge < -0.3 is 10.2 Å². The highest BCUT2D eigenvalue weighted by Crippen LogP contribution is 2.29. The highest BCUT2D eigenvalue weighted by molar-refractivity contribution is 7.92. The van der Waals surface area contributed by atoms with Crippen LogP contribution in [0.3, 0.4) is 0 Å². The van der Waals surface area contributed by atoms with Gasteiger partial charge in [-0.15, -0.1) is 0 Å². The van der Waals surface area contributed by atoms with Gasteiger partial charge in [-0.05, 0) is 54.3 Å². The second-order valence-electron chi connectivity index (χ2n) is 9.41. The van der Waals surface area contributed by atoms with Gasteiger partial charge >= 0.3 is 0 Å². The predicted molar refractivity (Wildman–Crippen MR) is 163 cm³/mol. The number of halogens is 3. The van der Waals surface area contributed by atoms with Crippen molar-refractivity contribution >= 4 is 62.3 Å². The molecule has 0 aliphatic rings. The van der Waals surface area contributed by atoms with Crippen molar-refractivity contribution in [2.75, 3.05) is 24.2 Å². The van der Waals surface area contributed by atoms with Crippen LogP contribution in [0.25, 0.3) is 0 Å². The van der Waals surface area contributed by atoms with Crippen LogP contribution in [0, 0.1) is 6.92 Å². The van der Waals surface area contributed by atoms with Crippen molar-refractivity contribution in [3.63, 3.8) is 0 Å². The summed E-state index contributed by atoms with van der Waals surface area (Å²) in [5, 5.41) is 3.84. The molecule has 1 N–H and O–H groups in total. The van der Waals surface area contributed by atoms with Gasteiger partial charge in [-0.2, -0.15) is 0 Å². The van der Waals surface area contributed by atoms with Crippen molar-refractivity contribution in [2.45, 2.75) is 38.8 Å². The first-order valence-electron chi connectivity index (χ1n) is 12.6. The number of likely N-dealkylation sites (N-methyl/N-ethyl adjacent to an activating group) is 1. The van der Waals surface area contributed by atoms with Crippen molar-refractivity contribution in [3.05, 3.63) is 98.5 Å². The molecule has 214 valence electrons. The van der Waals surface area contributed by atoms with Crippen molar-refractivity contribution in [2.24, 2.45) is 0 Å². The number of hydrogen-bond acceptors (Lipinski definition) is 4. The van der Waals surface area contributed by atoms with Crippen LogP contribution in [0.2, 0.25) is 15.1 Å². The standard InChI is InChI=1S/C29H32Cl3N3O4S/c1-20-23(30)11-7-12-26(20)35(40(3,38)39)16-8-13-28(36)34(19-22-14-15-24(31)25(32)17-22)27(29(37)33-2)18-21-9-5-4-6-10-21/h4-7,9-12,14-15,17,27H,8,13,16,18-19H2,1-3H3,(H,33,37). The number of rotatable bonds is 12. The molecule has 0 aromatic heterocycles. The molecule has 0 fully saturated rings. The minimum Gasteiger partial charge on any atom is -0.357 e. The number of carbonyl (C=O) groups excluding carboxylic acids is 2. The second kappa shape index (κ2) is 14.2. The zero-order valence-electron chi connectivity index (χ0n) is 22.5. The van der Waals surface area contributed by atoms with Crippen molar-refractivity contribution < 1.29 is 18.0 Å². The molecule has 0 aliphatic carbocycles. The topological polar surface area (TPSA) is 86.8 Å². The van der Waals surface area contributed by atoms with Crippen LogP contribution in [-0.4, -0.2) is 51.0 Å². The van der Waals surface area contributed by atoms with E-state index in [2.05, 4.69) is 5.32 Å². The summed E-state index contributed by atoms with van der Waals surface area (Å²) in [6, 6.07) is 18.7. The summed E-state index contributed by atoms with van der Waals surface area (Å²) in [6.07, 6.45) is 1.65. The summed E-state index contributed by atoms with van der Waals surface area (Å²) in [7, 11) is -2.12. The van der Waals surface area contributed by atoms with E-state index in [0.29, 0.717) is 38.3 Å². The maximum Gasteiger partial charge on any atom is 0.242 e. The van der Waals surface area contributed by atoms with E-state index in [1.165, 1.54) is 16.3 Å². The monoisotopic (exact) mass is 623 g/mol. The minimum atomic E-state index is -3.65. The van der Waals surface area contributed by atoms with Crippen LogP contribution >= 0.6 is 34.8 Å². The third kappa shape index (κ3) is 8.36. The number of benzene rings is 3. The fourth-order valence-electron chi connectivity index (χ4n) is 4.40. The quantitative estimate of drug-likeness (QED) is 0.272. The first kappa shape index (κ1) is 31.7. The molecule has 2 amide bonds. The second-order valence-corrected chi connectivity index (χ2v) is 12.5. The van der Waals surface area contributed by atoms with E-state index >= 15 is 0 Å². The number of nitrogens with one attached hydrogen (secondary N) is 1. The molecule has 0 saturated heterocycles. The van der Waals surface area contributed by atoms with E-state index in [4.69, 9.17) is 34.8 Å². The van der Waals surface area contributed by atoms with E-state index in [1.807, 2.05) is 30.3 Å². The van der Waals surface area contributed by atoms with Gasteiger partial charge in [0.25, 0.3) is 0 Å². The highest BCUT2D eigenvalue weighted by Gasteiger charge is 2.30. The van der Waals surface area contributed by atoms with Gasteiger partial charge in [0.05, 0.1) is 22.0 Å². The van der Waals surface area contributed by atoms with Crippen LogP contribution in [-0.2, 0) is 32.6 Å². The maximum atomic E-state index is 13.7. The Morgan fingerprint density at radius 1 is 0.900 bits per heavy atom. The molecular weight excluding hydrogens is 593 g/mol. The number of sulfonamides is 1. The van der Waals surface area contributed by atoms with Crippen LogP contribution < -0.4 is 9.62 Å². The zero-order valence-corrected chi connectivity index (χ0v) is 25.6. The molecule has 0 aliphatic heterocycles. The van der Waals surface area contributed by atoms with E-state index < -0.39 is 16.1 Å². The Balaban J connectivity index is 1.88. The van der Waals surface area contributed by atoms with Crippen LogP contribution in [0.5, 0.6) is 0 Å². The Bertz CT molecular complexity index is 1450. The number of hydrogen-bond donors (Lipinski definition) is 1. The van der Waals surface area contributed by atoms with Crippen molar-refractivity contribution in [3.8, 4) is 0 Å². The molecule has 0 heterocycles. The highest BCUT2D eigenvalue weighted by atomic mass is 35.5. The van der Waals surface area contributed by atoms with Gasteiger partial charge in [0, 0.05) is 38.0 Å². The van der Waals surface area contributed by atoms with Gasteiger partial charge in [-0.25, -0.2) is 8.42 Å². The van der Waals surface area contributed by atoms with E-state index in [9.17, 15) is 18.0 Å². The molecule has 1 atom stereocenters. The fraction of sp³-hybridized carbons (Fsp3) is 0.310. The Morgan fingerprint density at radius 3 is 2.23 bits per heavy atom. The van der Waals surface area contributed by atoms with E-state index in [0.717, 1.165) is 11.8 Å². The normalized spacial score (nSPS) is 12.1. The zero-order chi connectivity index (χ0) is 29.4. The number of carbonyl (C=O) groups is 2. The van der Waals surface area contributed by atoms with Crippen LogP contribution in [0.4, 0.5) is 5.69 Å². The summed E-state index contributed by atoms with van der Waals surface area (Å²) < 4.78 is 26.6. The lowest BCUT2D eigenvalue weighted by molar-refractivity contribution is -0.141. The average molecular weight is 625 g/mol. The molecule has 0 bridgehead atoms. The van der Waals surface area contributed by atoms with E-state index in [1.54, 1.807) is 43.3 Å². The lowest BCUT2D eigenvalue weighted by Gasteiger charge is -2.32. The third-order valence-corrected chi connectivity index (χ3v) is 8.84. The smallest absolute Gasteiger partial charge is 0.242 e. The molecular formula is C29H32Cl3N3O4S. The molecule has 0 saturated carbocycles. The SMILES string of the molecule is CNC(=O)C(Cc1ccccc1)N(Cc1ccc(Cl)c(Cl)c1)C(=O)CCCN(c1cccc(Cl)c1C)S(C)(=O)=O. The minimum absolute atomic E-state index is 0.00917. The van der Waals surface area contributed by atoms with Crippen molar-refractivity contribution in [1.29, 1.82) is 0 Å². The molecule has 3 aromatic rings. The van der Waals surface area contributed by atoms with E-state index in [-0.39, 0.29) is 37.7 Å². The van der Waals surface area contributed by atoms with Crippen LogP contribution in [0.15, 0.2) is 66.7 Å². The first-order valence-corrected chi connectivity index (χ1v) is 15.6. The Morgan fingerprint density at radius 2 is 1.60 bits per heavy atom. The molecule has 0 radical (unpaired) electrons. The Kier molecular flexibility index (Phi) is 11.3. The first-order chi connectivity index (χ1) is 18.9. The lowest BCUT2D eigenvalue weighted by Crippen LogP contribution is -2.49. The summed E-state index contributed by atoms with van der Waals surface area (Å²) in [5.74, 6) is -0.614. The lowest BCUT2D eigenvalue weighted by atomic mass is 10.0. The largest absolute Gasteiger partial charge is 0.357 e. The summed E-state index contributed by atoms with van der Waals surface area (Å²) in [5.41, 5.74) is 2.69. The molecule has 40 heavy (non-hydrogen) atoms. The number of anilines is 1. The summed E-state index contributed by atoms with van der Waals surface area (Å²) >= 11 is 18.6. The van der Waals surface area contributed by atoms with Gasteiger partial charge in [-0.3, -0.25) is 13.9 Å². The van der Waals surface area contributed by atoms with Crippen molar-refractivity contribution in [1.82, 2.24) is 10.2 Å². The molecule has 1 unspecified atom stereocenters. The molecule has 11 heteroatoms. The van der Waals surface area contributed by atoms with Crippen LogP contribution in [0.1, 0.15) is 29.5 Å². The molecule has 3 rings (SSSR count).